The zero-order valence-corrected chi connectivity index (χ0v) is 48.7. The maximum atomic E-state index is 11.8. The Bertz CT molecular complexity index is 3760. The number of fused-ring (bicyclic) bond motifs is 5. The van der Waals surface area contributed by atoms with Crippen molar-refractivity contribution in [2.45, 2.75) is 0 Å². The third-order valence-corrected chi connectivity index (χ3v) is 14.7. The molecule has 0 radical (unpaired) electrons. The molecule has 0 amide bonds. The molecule has 0 spiro atoms. The summed E-state index contributed by atoms with van der Waals surface area (Å²) in [6.45, 7) is 2.32. The smallest absolute Gasteiger partial charge is 0.872 e. The average Bonchev–Trinajstić information content (AvgIpc) is 4.31. The monoisotopic (exact) mass is 1280 g/mol. The Morgan fingerprint density at radius 1 is 0.381 bits per heavy atom. The molecule has 2 aliphatic rings. The number of rotatable bonds is 11. The summed E-state index contributed by atoms with van der Waals surface area (Å²) < 4.78 is 23.1. The number of thiophene rings is 2. The first-order valence-electron chi connectivity index (χ1n) is 26.2. The predicted molar refractivity (Wildman–Crippen MR) is 321 cm³/mol. The number of carbonyl (C=O) groups excluding carboxylic acids is 3. The van der Waals surface area contributed by atoms with Crippen LogP contribution in [0.2, 0.25) is 0 Å². The summed E-state index contributed by atoms with van der Waals surface area (Å²) in [5.41, 5.74) is 6.96. The van der Waals surface area contributed by atoms with Crippen molar-refractivity contribution >= 4 is 79.1 Å². The Hall–Kier alpha value is -8.83. The van der Waals surface area contributed by atoms with Gasteiger partial charge in [-0.3, -0.25) is 24.4 Å². The number of ketones is 3. The first-order chi connectivity index (χ1) is 40.7. The molecule has 12 nitrogen and oxygen atoms in total. The van der Waals surface area contributed by atoms with Crippen molar-refractivity contribution in [3.05, 3.63) is 281 Å². The molecule has 0 bridgehead atoms. The fourth-order valence-corrected chi connectivity index (χ4v) is 10.5. The Balaban J connectivity index is 0.000000141. The summed E-state index contributed by atoms with van der Waals surface area (Å²) in [5, 5.41) is 41.3. The maximum absolute atomic E-state index is 11.8. The van der Waals surface area contributed by atoms with E-state index in [0.29, 0.717) is 59.8 Å². The van der Waals surface area contributed by atoms with Crippen molar-refractivity contribution in [3.63, 3.8) is 0 Å². The van der Waals surface area contributed by atoms with Crippen LogP contribution in [0.3, 0.4) is 0 Å². The molecule has 0 fully saturated rings. The number of ether oxygens (including phenoxy) is 4. The topological polar surface area (TPSA) is 183 Å². The van der Waals surface area contributed by atoms with Gasteiger partial charge in [0.1, 0.15) is 26.4 Å². The van der Waals surface area contributed by atoms with Crippen molar-refractivity contribution in [1.82, 2.24) is 9.97 Å². The van der Waals surface area contributed by atoms with Crippen molar-refractivity contribution < 1.29 is 98.0 Å². The van der Waals surface area contributed by atoms with E-state index in [4.69, 9.17) is 28.9 Å². The van der Waals surface area contributed by atoms with Crippen LogP contribution in [0.5, 0.6) is 23.0 Å². The van der Waals surface area contributed by atoms with Gasteiger partial charge in [0.25, 0.3) is 0 Å². The largest absolute Gasteiger partial charge is 3.00 e. The summed E-state index contributed by atoms with van der Waals surface area (Å²) in [6, 6.07) is 61.0. The van der Waals surface area contributed by atoms with Crippen molar-refractivity contribution in [2.75, 3.05) is 26.4 Å². The fraction of sp³-hybridized carbons (Fsp3) is 0.0580. The van der Waals surface area contributed by atoms with E-state index >= 15 is 0 Å². The van der Waals surface area contributed by atoms with Gasteiger partial charge in [0.15, 0.2) is 40.3 Å². The molecular weight excluding hydrogens is 1230 g/mol. The first-order valence-corrected chi connectivity index (χ1v) is 28.0. The molecule has 13 rings (SSSR count). The molecule has 7 aromatic carbocycles. The van der Waals surface area contributed by atoms with E-state index in [9.17, 15) is 29.7 Å². The minimum atomic E-state index is -0.264. The Morgan fingerprint density at radius 3 is 0.952 bits per heavy atom. The minimum absolute atomic E-state index is 0. The molecule has 0 saturated carbocycles. The van der Waals surface area contributed by atoms with Gasteiger partial charge in [0, 0.05) is 61.7 Å². The van der Waals surface area contributed by atoms with Gasteiger partial charge in [-0.2, -0.15) is 0 Å². The van der Waals surface area contributed by atoms with E-state index < -0.39 is 0 Å². The SMILES string of the molecule is O=C(/C=C(\[O-])c1ccccc1)c1ccccc1.O=C(/C=C(\[O-])c1ccccc1)c1ccccc1.O=C(/C=C(\[O-])c1ccccc1)c1ccccc1.[Eu+3].c1nc2c(ccc3cc(-c4scc5c4OCCO5)cnc32)cc1-c1scc2c1OCCO2. The van der Waals surface area contributed by atoms with Gasteiger partial charge in [0.05, 0.1) is 20.8 Å². The van der Waals surface area contributed by atoms with Crippen LogP contribution in [0.25, 0.3) is 60.0 Å². The summed E-state index contributed by atoms with van der Waals surface area (Å²) in [4.78, 5) is 46.9. The van der Waals surface area contributed by atoms with Crippen LogP contribution < -0.4 is 34.3 Å². The second-order valence-electron chi connectivity index (χ2n) is 18.4. The fourth-order valence-electron chi connectivity index (χ4n) is 8.64. The average molecular weight is 1280 g/mol. The number of hydrogen-bond acceptors (Lipinski definition) is 14. The van der Waals surface area contributed by atoms with E-state index in [0.717, 1.165) is 83.9 Å². The van der Waals surface area contributed by atoms with E-state index in [1.54, 1.807) is 168 Å². The molecule has 0 atom stereocenters. The van der Waals surface area contributed by atoms with Crippen LogP contribution in [0, 0.1) is 49.4 Å². The molecule has 84 heavy (non-hydrogen) atoms. The number of nitrogens with zero attached hydrogens (tertiary/aromatic N) is 2. The van der Waals surface area contributed by atoms with Gasteiger partial charge in [0.2, 0.25) is 0 Å². The number of hydrogen-bond donors (Lipinski definition) is 0. The molecule has 0 unspecified atom stereocenters. The van der Waals surface area contributed by atoms with Crippen LogP contribution in [0.1, 0.15) is 47.8 Å². The number of carbonyl (C=O) groups is 3. The quantitative estimate of drug-likeness (QED) is 0.0518. The summed E-state index contributed by atoms with van der Waals surface area (Å²) >= 11 is 3.23. The Morgan fingerprint density at radius 2 is 0.655 bits per heavy atom. The molecule has 11 aromatic rings. The standard InChI is InChI=1S/C24H16N2O4S2.3C15H12O2.Eu/c1-2-14-8-16(24-22-18(12-32-24)28-4-6-30-22)10-26-20(14)19-13(1)7-15(9-25-19)23-21-17(11-31-23)27-3-5-29-21;3*16-14(12-7-3-1-4-8-12)11-15(17)13-9-5-2-6-10-13;/h1-2,7-12H,3-6H2;3*1-11,16H;/q;;;;+3/p-3/b;3*14-11-;. The molecule has 2 aliphatic heterocycles. The minimum Gasteiger partial charge on any atom is -0.872 e. The molecule has 0 saturated heterocycles. The molecule has 15 heteroatoms. The maximum Gasteiger partial charge on any atom is 3.00 e. The Labute approximate surface area is 533 Å². The second-order valence-corrected chi connectivity index (χ2v) is 20.1. The molecule has 4 aromatic heterocycles. The van der Waals surface area contributed by atoms with Gasteiger partial charge >= 0.3 is 49.4 Å². The molecule has 0 aliphatic carbocycles. The molecule has 414 valence electrons. The van der Waals surface area contributed by atoms with E-state index in [1.807, 2.05) is 59.6 Å². The normalized spacial score (nSPS) is 12.4. The van der Waals surface area contributed by atoms with Gasteiger partial charge < -0.3 is 34.3 Å². The van der Waals surface area contributed by atoms with Crippen LogP contribution in [0.15, 0.2) is 248 Å². The van der Waals surface area contributed by atoms with Gasteiger partial charge in [-0.05, 0) is 47.1 Å². The second kappa shape index (κ2) is 29.4. The zero-order chi connectivity index (χ0) is 57.3. The van der Waals surface area contributed by atoms with Gasteiger partial charge in [-0.15, -0.1) is 22.7 Å². The number of aromatic nitrogens is 2. The van der Waals surface area contributed by atoms with E-state index in [1.165, 1.54) is 0 Å². The summed E-state index contributed by atoms with van der Waals surface area (Å²) in [6.07, 6.45) is 7.17. The van der Waals surface area contributed by atoms with Crippen LogP contribution in [-0.4, -0.2) is 53.7 Å². The first kappa shape index (κ1) is 59.8. The van der Waals surface area contributed by atoms with Gasteiger partial charge in [-0.1, -0.05) is 211 Å². The number of pyridine rings is 2. The molecular formula is C69H49EuN2O10S2. The van der Waals surface area contributed by atoms with Crippen molar-refractivity contribution in [2.24, 2.45) is 0 Å². The number of benzene rings is 7. The van der Waals surface area contributed by atoms with Gasteiger partial charge in [-0.25, -0.2) is 0 Å². The summed E-state index contributed by atoms with van der Waals surface area (Å²) in [5.74, 6) is 1.67. The number of allylic oxidation sites excluding steroid dienone is 3. The van der Waals surface area contributed by atoms with Crippen LogP contribution in [-0.2, 0) is 0 Å². The zero-order valence-electron chi connectivity index (χ0n) is 44.7. The van der Waals surface area contributed by atoms with E-state index in [2.05, 4.69) is 24.3 Å². The molecule has 6 heterocycles. The Kier molecular flexibility index (Phi) is 20.9. The third-order valence-electron chi connectivity index (χ3n) is 12.8. The van der Waals surface area contributed by atoms with Crippen LogP contribution in [0.4, 0.5) is 0 Å². The van der Waals surface area contributed by atoms with Crippen LogP contribution >= 0.6 is 22.7 Å². The molecule has 0 N–H and O–H groups in total. The predicted octanol–water partition coefficient (Wildman–Crippen LogP) is 12.6. The van der Waals surface area contributed by atoms with E-state index in [-0.39, 0.29) is 84.0 Å². The third kappa shape index (κ3) is 15.2. The van der Waals surface area contributed by atoms with Crippen molar-refractivity contribution in [3.8, 4) is 43.9 Å². The van der Waals surface area contributed by atoms with Crippen molar-refractivity contribution in [1.29, 1.82) is 0 Å². The summed E-state index contributed by atoms with van der Waals surface area (Å²) in [7, 11) is 0.